The maximum absolute atomic E-state index is 13.3. The first-order valence-electron chi connectivity index (χ1n) is 14.5. The van der Waals surface area contributed by atoms with Crippen LogP contribution in [-0.4, -0.2) is 39.2 Å². The molecule has 0 aliphatic heterocycles. The predicted octanol–water partition coefficient (Wildman–Crippen LogP) is 5.21. The van der Waals surface area contributed by atoms with Crippen molar-refractivity contribution in [3.8, 4) is 0 Å². The number of carbonyl (C=O) groups is 3. The van der Waals surface area contributed by atoms with Gasteiger partial charge in [0.1, 0.15) is 5.58 Å². The molecule has 46 heavy (non-hydrogen) atoms. The van der Waals surface area contributed by atoms with Gasteiger partial charge in [0, 0.05) is 30.7 Å². The Kier molecular flexibility index (Phi) is 8.40. The Bertz CT molecular complexity index is 2170. The second-order valence-corrected chi connectivity index (χ2v) is 10.7. The van der Waals surface area contributed by atoms with Gasteiger partial charge in [0.2, 0.25) is 0 Å². The van der Waals surface area contributed by atoms with E-state index >= 15 is 0 Å². The Balaban J connectivity index is 1.10. The summed E-state index contributed by atoms with van der Waals surface area (Å²) < 4.78 is 7.45. The number of rotatable bonds is 10. The van der Waals surface area contributed by atoms with Gasteiger partial charge < -0.3 is 25.5 Å². The molecule has 6 rings (SSSR count). The van der Waals surface area contributed by atoms with E-state index in [1.165, 1.54) is 23.8 Å². The van der Waals surface area contributed by atoms with Crippen LogP contribution in [0.25, 0.3) is 21.9 Å². The van der Waals surface area contributed by atoms with Gasteiger partial charge in [-0.1, -0.05) is 30.3 Å². The maximum atomic E-state index is 13.3. The van der Waals surface area contributed by atoms with Gasteiger partial charge in [0.25, 0.3) is 11.8 Å². The van der Waals surface area contributed by atoms with Crippen molar-refractivity contribution in [3.05, 3.63) is 135 Å². The summed E-state index contributed by atoms with van der Waals surface area (Å²) >= 11 is 0. The number of aryl methyl sites for hydroxylation is 1. The fourth-order valence-electron chi connectivity index (χ4n) is 5.12. The quantitative estimate of drug-likeness (QED) is 0.153. The average molecular weight is 616 g/mol. The number of aromatic nitrogens is 2. The number of benzene rings is 4. The van der Waals surface area contributed by atoms with Crippen LogP contribution in [0, 0.1) is 0 Å². The van der Waals surface area contributed by atoms with E-state index in [2.05, 4.69) is 39.2 Å². The number of carboxylic acid groups (broad SMARTS) is 1. The van der Waals surface area contributed by atoms with Crippen LogP contribution in [0.15, 0.2) is 106 Å². The lowest BCUT2D eigenvalue weighted by atomic mass is 10.1. The fraction of sp³-hybridized carbons (Fsp3) is 0.114. The van der Waals surface area contributed by atoms with Gasteiger partial charge in [0.05, 0.1) is 33.9 Å². The molecule has 0 aliphatic carbocycles. The Morgan fingerprint density at radius 3 is 2.46 bits per heavy atom. The number of nitrogens with zero attached hydrogens (tertiary/aromatic N) is 2. The molecule has 230 valence electrons. The molecule has 0 saturated carbocycles. The lowest BCUT2D eigenvalue weighted by molar-refractivity contribution is 0.0696. The molecule has 0 radical (unpaired) electrons. The zero-order chi connectivity index (χ0) is 32.2. The second-order valence-electron chi connectivity index (χ2n) is 10.7. The molecule has 2 aromatic heterocycles. The summed E-state index contributed by atoms with van der Waals surface area (Å²) in [5.74, 6) is -2.89. The van der Waals surface area contributed by atoms with E-state index in [4.69, 9.17) is 4.42 Å². The molecule has 0 unspecified atom stereocenters. The molecular weight excluding hydrogens is 586 g/mol. The minimum Gasteiger partial charge on any atom is -0.478 e. The molecule has 0 spiro atoms. The second kappa shape index (κ2) is 12.9. The van der Waals surface area contributed by atoms with E-state index < -0.39 is 23.2 Å². The van der Waals surface area contributed by atoms with E-state index in [1.807, 2.05) is 30.1 Å². The van der Waals surface area contributed by atoms with Gasteiger partial charge in [-0.05, 0) is 78.7 Å². The Labute approximate surface area is 262 Å². The van der Waals surface area contributed by atoms with Crippen LogP contribution in [0.5, 0.6) is 0 Å². The fourth-order valence-corrected chi connectivity index (χ4v) is 5.12. The third kappa shape index (κ3) is 6.54. The van der Waals surface area contributed by atoms with E-state index in [-0.39, 0.29) is 28.2 Å². The summed E-state index contributed by atoms with van der Waals surface area (Å²) in [7, 11) is 1.92. The largest absolute Gasteiger partial charge is 0.478 e. The minimum atomic E-state index is -1.24. The average Bonchev–Trinajstić information content (AvgIpc) is 3.43. The molecule has 2 heterocycles. The SMILES string of the molecule is Cn1ncc2cc(CNCCc3ccc(NC(=O)c4ccc(C(=O)O)cc4NC(=O)c4cc(=O)c5ccccc5o4)cc3)ccc21. The topological polar surface area (TPSA) is 156 Å². The summed E-state index contributed by atoms with van der Waals surface area (Å²) in [6, 6.07) is 25.0. The van der Waals surface area contributed by atoms with E-state index in [0.29, 0.717) is 11.1 Å². The number of nitrogens with one attached hydrogen (secondary N) is 3. The summed E-state index contributed by atoms with van der Waals surface area (Å²) in [4.78, 5) is 50.5. The molecule has 0 bridgehead atoms. The van der Waals surface area contributed by atoms with Crippen molar-refractivity contribution in [1.29, 1.82) is 0 Å². The standard InChI is InChI=1S/C35H29N5O6/c1-40-29-13-8-22(16-24(29)20-37-40)19-36-15-14-21-6-10-25(11-7-21)38-33(42)26-12-9-23(35(44)45)17-28(26)39-34(43)32-18-30(41)27-4-2-3-5-31(27)46-32/h2-13,16-18,20,36H,14-15,19H2,1H3,(H,38,42)(H,39,43)(H,44,45). The first kappa shape index (κ1) is 30.0. The molecular formula is C35H29N5O6. The van der Waals surface area contributed by atoms with Gasteiger partial charge in [0.15, 0.2) is 11.2 Å². The van der Waals surface area contributed by atoms with Crippen molar-refractivity contribution in [1.82, 2.24) is 15.1 Å². The van der Waals surface area contributed by atoms with Crippen LogP contribution < -0.4 is 21.4 Å². The smallest absolute Gasteiger partial charge is 0.335 e. The molecule has 11 heteroatoms. The number of fused-ring (bicyclic) bond motifs is 2. The highest BCUT2D eigenvalue weighted by atomic mass is 16.4. The van der Waals surface area contributed by atoms with E-state index in [9.17, 15) is 24.3 Å². The molecule has 2 amide bonds. The number of carboxylic acids is 1. The van der Waals surface area contributed by atoms with E-state index in [1.54, 1.807) is 36.4 Å². The minimum absolute atomic E-state index is 0.0271. The lowest BCUT2D eigenvalue weighted by Gasteiger charge is -2.13. The van der Waals surface area contributed by atoms with Crippen molar-refractivity contribution < 1.29 is 23.9 Å². The molecule has 4 N–H and O–H groups in total. The van der Waals surface area contributed by atoms with Crippen molar-refractivity contribution in [3.63, 3.8) is 0 Å². The normalized spacial score (nSPS) is 11.1. The van der Waals surface area contributed by atoms with Crippen LogP contribution >= 0.6 is 0 Å². The predicted molar refractivity (Wildman–Crippen MR) is 174 cm³/mol. The number of hydrogen-bond acceptors (Lipinski definition) is 7. The number of carbonyl (C=O) groups excluding carboxylic acids is 2. The van der Waals surface area contributed by atoms with Crippen LogP contribution in [0.3, 0.4) is 0 Å². The number of anilines is 2. The van der Waals surface area contributed by atoms with Crippen molar-refractivity contribution >= 4 is 51.0 Å². The number of aromatic carboxylic acids is 1. The molecule has 0 aliphatic rings. The molecule has 4 aromatic carbocycles. The number of para-hydroxylation sites is 1. The summed E-state index contributed by atoms with van der Waals surface area (Å²) in [6.07, 6.45) is 2.63. The maximum Gasteiger partial charge on any atom is 0.335 e. The summed E-state index contributed by atoms with van der Waals surface area (Å²) in [5, 5.41) is 24.0. The van der Waals surface area contributed by atoms with Crippen LogP contribution in [-0.2, 0) is 20.0 Å². The van der Waals surface area contributed by atoms with Gasteiger partial charge in [-0.15, -0.1) is 0 Å². The van der Waals surface area contributed by atoms with Crippen molar-refractivity contribution in [2.75, 3.05) is 17.2 Å². The first-order valence-corrected chi connectivity index (χ1v) is 14.5. The van der Waals surface area contributed by atoms with Gasteiger partial charge in [-0.3, -0.25) is 19.1 Å². The molecule has 0 fully saturated rings. The summed E-state index contributed by atoms with van der Waals surface area (Å²) in [6.45, 7) is 1.48. The zero-order valence-electron chi connectivity index (χ0n) is 24.7. The first-order chi connectivity index (χ1) is 22.2. The third-order valence-electron chi connectivity index (χ3n) is 7.56. The molecule has 11 nitrogen and oxygen atoms in total. The Hall–Kier alpha value is -6.07. The number of hydrogen-bond donors (Lipinski definition) is 4. The Morgan fingerprint density at radius 2 is 1.65 bits per heavy atom. The lowest BCUT2D eigenvalue weighted by Crippen LogP contribution is -2.20. The van der Waals surface area contributed by atoms with Gasteiger partial charge in [-0.25, -0.2) is 4.79 Å². The van der Waals surface area contributed by atoms with Crippen molar-refractivity contribution in [2.45, 2.75) is 13.0 Å². The monoisotopic (exact) mass is 615 g/mol. The molecule has 0 saturated heterocycles. The van der Waals surface area contributed by atoms with Gasteiger partial charge in [-0.2, -0.15) is 5.10 Å². The highest BCUT2D eigenvalue weighted by Gasteiger charge is 2.19. The highest BCUT2D eigenvalue weighted by molar-refractivity contribution is 6.13. The van der Waals surface area contributed by atoms with Crippen LogP contribution in [0.1, 0.15) is 42.4 Å². The molecule has 6 aromatic rings. The molecule has 0 atom stereocenters. The van der Waals surface area contributed by atoms with E-state index in [0.717, 1.165) is 42.0 Å². The van der Waals surface area contributed by atoms with Crippen LogP contribution in [0.4, 0.5) is 11.4 Å². The Morgan fingerprint density at radius 1 is 0.870 bits per heavy atom. The highest BCUT2D eigenvalue weighted by Crippen LogP contribution is 2.22. The van der Waals surface area contributed by atoms with Crippen LogP contribution in [0.2, 0.25) is 0 Å². The number of amides is 2. The zero-order valence-corrected chi connectivity index (χ0v) is 24.7. The third-order valence-corrected chi connectivity index (χ3v) is 7.56. The van der Waals surface area contributed by atoms with Gasteiger partial charge >= 0.3 is 5.97 Å². The van der Waals surface area contributed by atoms with Crippen molar-refractivity contribution in [2.24, 2.45) is 7.05 Å². The summed E-state index contributed by atoms with van der Waals surface area (Å²) in [5.41, 5.74) is 3.50.